The van der Waals surface area contributed by atoms with Gasteiger partial charge in [0, 0.05) is 31.0 Å². The number of amides is 1. The molecule has 9 heteroatoms. The molecular formula is C25H18Cl3N5O. The van der Waals surface area contributed by atoms with Crippen molar-refractivity contribution in [2.75, 3.05) is 6.54 Å². The van der Waals surface area contributed by atoms with Gasteiger partial charge in [-0.15, -0.1) is 0 Å². The van der Waals surface area contributed by atoms with Gasteiger partial charge in [-0.2, -0.15) is 10.4 Å². The molecule has 0 saturated carbocycles. The van der Waals surface area contributed by atoms with Crippen LogP contribution in [0.1, 0.15) is 22.5 Å². The van der Waals surface area contributed by atoms with Gasteiger partial charge in [0.2, 0.25) is 0 Å². The second-order valence-electron chi connectivity index (χ2n) is 7.40. The fourth-order valence-corrected chi connectivity index (χ4v) is 3.98. The number of carbonyl (C=O) groups excluding carboxylic acids is 1. The molecule has 2 heterocycles. The largest absolute Gasteiger partial charge is 0.332 e. The first-order chi connectivity index (χ1) is 16.5. The Morgan fingerprint density at radius 1 is 1.00 bits per heavy atom. The molecule has 170 valence electrons. The van der Waals surface area contributed by atoms with Crippen LogP contribution in [0.25, 0.3) is 16.9 Å². The Kier molecular flexibility index (Phi) is 7.49. The van der Waals surface area contributed by atoms with Crippen LogP contribution in [-0.4, -0.2) is 32.1 Å². The van der Waals surface area contributed by atoms with Crippen molar-refractivity contribution < 1.29 is 4.79 Å². The maximum Gasteiger partial charge on any atom is 0.272 e. The summed E-state index contributed by atoms with van der Waals surface area (Å²) in [6.45, 7) is 0.542. The second kappa shape index (κ2) is 10.7. The van der Waals surface area contributed by atoms with Crippen LogP contribution in [0, 0.1) is 11.3 Å². The Bertz CT molecular complexity index is 1360. The third-order valence-corrected chi connectivity index (χ3v) is 6.17. The molecular weight excluding hydrogens is 493 g/mol. The highest BCUT2D eigenvalue weighted by Crippen LogP contribution is 2.30. The zero-order chi connectivity index (χ0) is 24.1. The third kappa shape index (κ3) is 5.23. The standard InChI is InChI=1S/C25H18Cl3N5O/c26-20-7-2-1-6-19(20)23-14-24(33(31-23)18-8-9-21(27)22(28)13-18)25(34)32(12-4-10-29)16-17-5-3-11-30-15-17/h1-3,5-9,11,13-15H,4,12,16H2. The molecule has 0 bridgehead atoms. The number of hydrogen-bond acceptors (Lipinski definition) is 4. The van der Waals surface area contributed by atoms with Crippen LogP contribution in [0.15, 0.2) is 73.1 Å². The van der Waals surface area contributed by atoms with Crippen molar-refractivity contribution in [3.05, 3.63) is 99.4 Å². The molecule has 1 amide bonds. The summed E-state index contributed by atoms with van der Waals surface area (Å²) in [6.07, 6.45) is 3.54. The molecule has 6 nitrogen and oxygen atoms in total. The van der Waals surface area contributed by atoms with Crippen LogP contribution in [0.2, 0.25) is 15.1 Å². The fraction of sp³-hybridized carbons (Fsp3) is 0.120. The number of hydrogen-bond donors (Lipinski definition) is 0. The number of aromatic nitrogens is 3. The summed E-state index contributed by atoms with van der Waals surface area (Å²) in [5.74, 6) is -0.295. The molecule has 0 unspecified atom stereocenters. The summed E-state index contributed by atoms with van der Waals surface area (Å²) in [5, 5.41) is 15.1. The smallest absolute Gasteiger partial charge is 0.272 e. The van der Waals surface area contributed by atoms with Crippen molar-refractivity contribution >= 4 is 40.7 Å². The van der Waals surface area contributed by atoms with Gasteiger partial charge >= 0.3 is 0 Å². The molecule has 0 radical (unpaired) electrons. The second-order valence-corrected chi connectivity index (χ2v) is 8.62. The van der Waals surface area contributed by atoms with E-state index in [4.69, 9.17) is 40.1 Å². The predicted octanol–water partition coefficient (Wildman–Crippen LogP) is 6.45. The zero-order valence-corrected chi connectivity index (χ0v) is 20.1. The van der Waals surface area contributed by atoms with Gasteiger partial charge in [0.15, 0.2) is 0 Å². The molecule has 0 atom stereocenters. The van der Waals surface area contributed by atoms with E-state index in [9.17, 15) is 4.79 Å². The molecule has 0 aliphatic carbocycles. The molecule has 4 rings (SSSR count). The van der Waals surface area contributed by atoms with Gasteiger partial charge in [-0.3, -0.25) is 9.78 Å². The number of halogens is 3. The molecule has 0 saturated heterocycles. The lowest BCUT2D eigenvalue weighted by Crippen LogP contribution is -2.33. The van der Waals surface area contributed by atoms with Crippen LogP contribution in [0.3, 0.4) is 0 Å². The van der Waals surface area contributed by atoms with Crippen molar-refractivity contribution in [3.63, 3.8) is 0 Å². The van der Waals surface area contributed by atoms with Gasteiger partial charge in [0.25, 0.3) is 5.91 Å². The van der Waals surface area contributed by atoms with E-state index in [2.05, 4.69) is 16.2 Å². The summed E-state index contributed by atoms with van der Waals surface area (Å²) in [5.41, 5.74) is 2.93. The molecule has 34 heavy (non-hydrogen) atoms. The molecule has 4 aromatic rings. The predicted molar refractivity (Wildman–Crippen MR) is 133 cm³/mol. The quantitative estimate of drug-likeness (QED) is 0.286. The first kappa shape index (κ1) is 23.8. The highest BCUT2D eigenvalue weighted by Gasteiger charge is 2.24. The SMILES string of the molecule is N#CCCN(Cc1cccnc1)C(=O)c1cc(-c2ccccc2Cl)nn1-c1ccc(Cl)c(Cl)c1. The summed E-state index contributed by atoms with van der Waals surface area (Å²) >= 11 is 18.8. The maximum absolute atomic E-state index is 13.8. The van der Waals surface area contributed by atoms with Gasteiger partial charge in [-0.25, -0.2) is 4.68 Å². The van der Waals surface area contributed by atoms with Gasteiger partial charge in [0.1, 0.15) is 5.69 Å². The Morgan fingerprint density at radius 2 is 1.82 bits per heavy atom. The number of nitriles is 1. The normalized spacial score (nSPS) is 10.6. The average molecular weight is 511 g/mol. The molecule has 0 aliphatic heterocycles. The molecule has 0 aliphatic rings. The molecule has 2 aromatic heterocycles. The fourth-order valence-electron chi connectivity index (χ4n) is 3.46. The average Bonchev–Trinajstić information content (AvgIpc) is 3.29. The molecule has 0 N–H and O–H groups in total. The monoisotopic (exact) mass is 509 g/mol. The minimum absolute atomic E-state index is 0.185. The number of carbonyl (C=O) groups is 1. The van der Waals surface area contributed by atoms with E-state index in [1.807, 2.05) is 24.3 Å². The first-order valence-corrected chi connectivity index (χ1v) is 11.5. The van der Waals surface area contributed by atoms with Crippen LogP contribution in [0.4, 0.5) is 0 Å². The summed E-state index contributed by atoms with van der Waals surface area (Å²) in [4.78, 5) is 19.5. The molecule has 0 fully saturated rings. The molecule has 0 spiro atoms. The number of nitrogens with zero attached hydrogens (tertiary/aromatic N) is 5. The van der Waals surface area contributed by atoms with Crippen molar-refractivity contribution in [3.8, 4) is 23.0 Å². The van der Waals surface area contributed by atoms with E-state index < -0.39 is 0 Å². The number of rotatable bonds is 7. The van der Waals surface area contributed by atoms with Crippen molar-refractivity contribution in [1.29, 1.82) is 5.26 Å². The van der Waals surface area contributed by atoms with Crippen molar-refractivity contribution in [1.82, 2.24) is 19.7 Å². The van der Waals surface area contributed by atoms with Crippen LogP contribution >= 0.6 is 34.8 Å². The van der Waals surface area contributed by atoms with Crippen molar-refractivity contribution in [2.24, 2.45) is 0 Å². The van der Waals surface area contributed by atoms with E-state index in [1.54, 1.807) is 53.7 Å². The zero-order valence-electron chi connectivity index (χ0n) is 17.8. The summed E-state index contributed by atoms with van der Waals surface area (Å²) < 4.78 is 1.52. The summed E-state index contributed by atoms with van der Waals surface area (Å²) in [7, 11) is 0. The van der Waals surface area contributed by atoms with Crippen LogP contribution < -0.4 is 0 Å². The van der Waals surface area contributed by atoms with E-state index in [-0.39, 0.29) is 18.9 Å². The van der Waals surface area contributed by atoms with E-state index in [1.165, 1.54) is 4.68 Å². The molecule has 2 aromatic carbocycles. The lowest BCUT2D eigenvalue weighted by molar-refractivity contribution is 0.0737. The topological polar surface area (TPSA) is 74.8 Å². The van der Waals surface area contributed by atoms with Gasteiger partial charge in [-0.1, -0.05) is 59.1 Å². The van der Waals surface area contributed by atoms with Gasteiger partial charge < -0.3 is 4.90 Å². The summed E-state index contributed by atoms with van der Waals surface area (Å²) in [6, 6.07) is 19.8. The van der Waals surface area contributed by atoms with Crippen LogP contribution in [0.5, 0.6) is 0 Å². The van der Waals surface area contributed by atoms with E-state index >= 15 is 0 Å². The highest BCUT2D eigenvalue weighted by atomic mass is 35.5. The van der Waals surface area contributed by atoms with Gasteiger partial charge in [-0.05, 0) is 42.0 Å². The Labute approximate surface area is 211 Å². The number of benzene rings is 2. The van der Waals surface area contributed by atoms with E-state index in [0.717, 1.165) is 5.56 Å². The minimum Gasteiger partial charge on any atom is -0.332 e. The van der Waals surface area contributed by atoms with E-state index in [0.29, 0.717) is 44.3 Å². The highest BCUT2D eigenvalue weighted by molar-refractivity contribution is 6.42. The van der Waals surface area contributed by atoms with Gasteiger partial charge in [0.05, 0.1) is 38.9 Å². The maximum atomic E-state index is 13.8. The Hall–Kier alpha value is -3.37. The van der Waals surface area contributed by atoms with Crippen LogP contribution in [-0.2, 0) is 6.54 Å². The number of pyridine rings is 1. The first-order valence-electron chi connectivity index (χ1n) is 10.3. The lowest BCUT2D eigenvalue weighted by Gasteiger charge is -2.22. The minimum atomic E-state index is -0.295. The Balaban J connectivity index is 1.81. The van der Waals surface area contributed by atoms with Crippen molar-refractivity contribution in [2.45, 2.75) is 13.0 Å². The lowest BCUT2D eigenvalue weighted by atomic mass is 10.1. The Morgan fingerprint density at radius 3 is 2.53 bits per heavy atom. The third-order valence-electron chi connectivity index (χ3n) is 5.10.